The van der Waals surface area contributed by atoms with Crippen molar-refractivity contribution in [1.29, 1.82) is 0 Å². The van der Waals surface area contributed by atoms with Gasteiger partial charge in [0.25, 0.3) is 0 Å². The number of carbonyl (C=O) groups is 1. The molecule has 0 radical (unpaired) electrons. The quantitative estimate of drug-likeness (QED) is 0.536. The molecule has 106 valence electrons. The minimum absolute atomic E-state index is 0.0425. The van der Waals surface area contributed by atoms with Gasteiger partial charge in [-0.15, -0.1) is 0 Å². The van der Waals surface area contributed by atoms with Gasteiger partial charge < -0.3 is 14.2 Å². The molecule has 0 aromatic heterocycles. The van der Waals surface area contributed by atoms with E-state index in [1.807, 2.05) is 32.9 Å². The molecule has 1 aromatic rings. The fraction of sp³-hybridized carbons (Fsp3) is 0.533. The minimum atomic E-state index is -0.0820. The second-order valence-corrected chi connectivity index (χ2v) is 4.60. The summed E-state index contributed by atoms with van der Waals surface area (Å²) < 4.78 is 15.8. The molecule has 0 saturated carbocycles. The number of hydrogen-bond donors (Lipinski definition) is 0. The highest BCUT2D eigenvalue weighted by Gasteiger charge is 2.12. The monoisotopic (exact) mass is 266 g/mol. The van der Waals surface area contributed by atoms with E-state index in [1.165, 1.54) is 0 Å². The third kappa shape index (κ3) is 5.41. The van der Waals surface area contributed by atoms with E-state index in [1.54, 1.807) is 13.2 Å². The fourth-order valence-electron chi connectivity index (χ4n) is 1.61. The Labute approximate surface area is 114 Å². The molecule has 0 heterocycles. The molecule has 0 atom stereocenters. The molecule has 0 saturated heterocycles. The van der Waals surface area contributed by atoms with Gasteiger partial charge in [0.2, 0.25) is 0 Å². The number of benzene rings is 1. The third-order valence-corrected chi connectivity index (χ3v) is 2.57. The second kappa shape index (κ2) is 7.92. The summed E-state index contributed by atoms with van der Waals surface area (Å²) in [5.74, 6) is 0.508. The van der Waals surface area contributed by atoms with Gasteiger partial charge in [0.15, 0.2) is 5.78 Å². The Hall–Kier alpha value is -1.39. The average Bonchev–Trinajstić information content (AvgIpc) is 2.37. The molecule has 0 aliphatic carbocycles. The number of Topliss-reactive ketones (excluding diaryl/α,β-unsaturated/α-hetero) is 1. The summed E-state index contributed by atoms with van der Waals surface area (Å²) in [4.78, 5) is 12.0. The topological polar surface area (TPSA) is 44.8 Å². The molecule has 1 rings (SSSR count). The second-order valence-electron chi connectivity index (χ2n) is 4.60. The van der Waals surface area contributed by atoms with Crippen LogP contribution in [0, 0.1) is 6.92 Å². The summed E-state index contributed by atoms with van der Waals surface area (Å²) in [6.45, 7) is 6.83. The van der Waals surface area contributed by atoms with Gasteiger partial charge in [0.1, 0.15) is 12.4 Å². The van der Waals surface area contributed by atoms with E-state index >= 15 is 0 Å². The lowest BCUT2D eigenvalue weighted by molar-refractivity contribution is 0.0207. The van der Waals surface area contributed by atoms with Gasteiger partial charge >= 0.3 is 0 Å². The number of carbonyl (C=O) groups excluding carboxylic acids is 1. The van der Waals surface area contributed by atoms with Crippen LogP contribution < -0.4 is 4.74 Å². The van der Waals surface area contributed by atoms with E-state index in [9.17, 15) is 4.79 Å². The van der Waals surface area contributed by atoms with Crippen molar-refractivity contribution < 1.29 is 19.0 Å². The Morgan fingerprint density at radius 1 is 1.26 bits per heavy atom. The van der Waals surface area contributed by atoms with Gasteiger partial charge in [-0.05, 0) is 38.5 Å². The van der Waals surface area contributed by atoms with Crippen molar-refractivity contribution in [3.05, 3.63) is 29.3 Å². The van der Waals surface area contributed by atoms with Gasteiger partial charge in [-0.25, -0.2) is 0 Å². The highest BCUT2D eigenvalue weighted by Crippen LogP contribution is 2.20. The van der Waals surface area contributed by atoms with Crippen LogP contribution in [0.25, 0.3) is 0 Å². The Morgan fingerprint density at radius 3 is 2.63 bits per heavy atom. The van der Waals surface area contributed by atoms with Crippen molar-refractivity contribution >= 4 is 5.78 Å². The van der Waals surface area contributed by atoms with Crippen molar-refractivity contribution in [2.45, 2.75) is 26.9 Å². The predicted octanol–water partition coefficient (Wildman–Crippen LogP) is 2.63. The maximum Gasteiger partial charge on any atom is 0.192 e. The summed E-state index contributed by atoms with van der Waals surface area (Å²) in [7, 11) is 1.56. The van der Waals surface area contributed by atoms with Gasteiger partial charge in [-0.2, -0.15) is 0 Å². The summed E-state index contributed by atoms with van der Waals surface area (Å²) in [6.07, 6.45) is 0.177. The third-order valence-electron chi connectivity index (χ3n) is 2.57. The molecule has 0 N–H and O–H groups in total. The molecule has 0 aliphatic rings. The molecule has 4 nitrogen and oxygen atoms in total. The number of hydrogen-bond acceptors (Lipinski definition) is 4. The van der Waals surface area contributed by atoms with Gasteiger partial charge in [-0.3, -0.25) is 4.79 Å². The number of methoxy groups -OCH3 is 1. The Kier molecular flexibility index (Phi) is 6.53. The SMILES string of the molecule is COc1cc(C)ccc1C(=O)COCCOC(C)C. The Bertz CT molecular complexity index is 413. The molecule has 0 amide bonds. The molecule has 1 aromatic carbocycles. The standard InChI is InChI=1S/C15H22O4/c1-11(2)19-8-7-18-10-14(16)13-6-5-12(3)9-15(13)17-4/h5-6,9,11H,7-8,10H2,1-4H3. The van der Waals surface area contributed by atoms with Crippen LogP contribution in [0.3, 0.4) is 0 Å². The van der Waals surface area contributed by atoms with E-state index in [2.05, 4.69) is 0 Å². The first-order valence-electron chi connectivity index (χ1n) is 6.41. The molecule has 0 unspecified atom stereocenters. The van der Waals surface area contributed by atoms with E-state index in [0.29, 0.717) is 24.5 Å². The molecule has 0 bridgehead atoms. The maximum absolute atomic E-state index is 12.0. The minimum Gasteiger partial charge on any atom is -0.496 e. The molecule has 4 heteroatoms. The highest BCUT2D eigenvalue weighted by atomic mass is 16.5. The average molecular weight is 266 g/mol. The molecule has 0 spiro atoms. The van der Waals surface area contributed by atoms with Gasteiger partial charge in [0, 0.05) is 0 Å². The summed E-state index contributed by atoms with van der Waals surface area (Å²) >= 11 is 0. The van der Waals surface area contributed by atoms with Crippen molar-refractivity contribution in [2.75, 3.05) is 26.9 Å². The van der Waals surface area contributed by atoms with Gasteiger partial charge in [0.05, 0.1) is 32.0 Å². The largest absolute Gasteiger partial charge is 0.496 e. The lowest BCUT2D eigenvalue weighted by Crippen LogP contribution is -2.15. The van der Waals surface area contributed by atoms with Crippen LogP contribution in [0.15, 0.2) is 18.2 Å². The van der Waals surface area contributed by atoms with E-state index in [4.69, 9.17) is 14.2 Å². The van der Waals surface area contributed by atoms with Crippen molar-refractivity contribution in [2.24, 2.45) is 0 Å². The summed E-state index contributed by atoms with van der Waals surface area (Å²) in [5, 5.41) is 0. The first-order valence-corrected chi connectivity index (χ1v) is 6.41. The lowest BCUT2D eigenvalue weighted by Gasteiger charge is -2.10. The van der Waals surface area contributed by atoms with Crippen LogP contribution in [0.1, 0.15) is 29.8 Å². The van der Waals surface area contributed by atoms with Crippen LogP contribution in [0.4, 0.5) is 0 Å². The van der Waals surface area contributed by atoms with Crippen LogP contribution in [0.2, 0.25) is 0 Å². The zero-order valence-corrected chi connectivity index (χ0v) is 12.1. The lowest BCUT2D eigenvalue weighted by atomic mass is 10.1. The van der Waals surface area contributed by atoms with Gasteiger partial charge in [-0.1, -0.05) is 6.07 Å². The summed E-state index contributed by atoms with van der Waals surface area (Å²) in [5.41, 5.74) is 1.61. The first-order chi connectivity index (χ1) is 9.04. The fourth-order valence-corrected chi connectivity index (χ4v) is 1.61. The number of ether oxygens (including phenoxy) is 3. The van der Waals surface area contributed by atoms with Crippen LogP contribution in [-0.2, 0) is 9.47 Å². The maximum atomic E-state index is 12.0. The first kappa shape index (κ1) is 15.7. The van der Waals surface area contributed by atoms with E-state index < -0.39 is 0 Å². The van der Waals surface area contributed by atoms with Crippen molar-refractivity contribution in [3.63, 3.8) is 0 Å². The Balaban J connectivity index is 2.45. The van der Waals surface area contributed by atoms with Crippen LogP contribution in [-0.4, -0.2) is 38.8 Å². The smallest absolute Gasteiger partial charge is 0.192 e. The zero-order valence-electron chi connectivity index (χ0n) is 12.1. The van der Waals surface area contributed by atoms with Crippen LogP contribution in [0.5, 0.6) is 5.75 Å². The predicted molar refractivity (Wildman–Crippen MR) is 74.0 cm³/mol. The molecular weight excluding hydrogens is 244 g/mol. The number of ketones is 1. The van der Waals surface area contributed by atoms with E-state index in [-0.39, 0.29) is 18.5 Å². The molecular formula is C15H22O4. The Morgan fingerprint density at radius 2 is 2.00 bits per heavy atom. The normalized spacial score (nSPS) is 10.8. The number of aryl methyl sites for hydroxylation is 1. The van der Waals surface area contributed by atoms with E-state index in [0.717, 1.165) is 5.56 Å². The summed E-state index contributed by atoms with van der Waals surface area (Å²) in [6, 6.07) is 5.50. The highest BCUT2D eigenvalue weighted by molar-refractivity contribution is 5.99. The molecule has 0 fully saturated rings. The van der Waals surface area contributed by atoms with Crippen molar-refractivity contribution in [3.8, 4) is 5.75 Å². The molecule has 0 aliphatic heterocycles. The molecule has 19 heavy (non-hydrogen) atoms. The number of rotatable bonds is 8. The van der Waals surface area contributed by atoms with Crippen LogP contribution >= 0.6 is 0 Å². The van der Waals surface area contributed by atoms with Crippen molar-refractivity contribution in [1.82, 2.24) is 0 Å². The zero-order chi connectivity index (χ0) is 14.3.